The fourth-order valence-corrected chi connectivity index (χ4v) is 2.93. The highest BCUT2D eigenvalue weighted by molar-refractivity contribution is 5.81. The van der Waals surface area contributed by atoms with Crippen molar-refractivity contribution in [1.82, 2.24) is 15.3 Å². The van der Waals surface area contributed by atoms with Gasteiger partial charge in [-0.05, 0) is 65.5 Å². The number of hydroxylamine groups is 2. The molecule has 11 heteroatoms. The van der Waals surface area contributed by atoms with Gasteiger partial charge in [0.15, 0.2) is 0 Å². The number of nitrogens with one attached hydrogen (secondary N) is 1. The molecule has 0 aliphatic heterocycles. The summed E-state index contributed by atoms with van der Waals surface area (Å²) in [5.74, 6) is -2.05. The fourth-order valence-electron chi connectivity index (χ4n) is 2.93. The number of amides is 3. The van der Waals surface area contributed by atoms with Gasteiger partial charge in [-0.2, -0.15) is 13.2 Å². The zero-order chi connectivity index (χ0) is 26.9. The summed E-state index contributed by atoms with van der Waals surface area (Å²) in [6.45, 7) is 10.7. The van der Waals surface area contributed by atoms with E-state index in [1.165, 1.54) is 9.96 Å². The lowest BCUT2D eigenvalue weighted by molar-refractivity contribution is -0.220. The van der Waals surface area contributed by atoms with Gasteiger partial charge in [-0.3, -0.25) is 14.4 Å². The van der Waals surface area contributed by atoms with Crippen molar-refractivity contribution >= 4 is 18.4 Å². The molecule has 0 saturated heterocycles. The van der Waals surface area contributed by atoms with Crippen LogP contribution in [0.25, 0.3) is 0 Å². The molecule has 0 heterocycles. The monoisotopic (exact) mass is 503 g/mol. The summed E-state index contributed by atoms with van der Waals surface area (Å²) >= 11 is 0. The lowest BCUT2D eigenvalue weighted by Gasteiger charge is -2.27. The van der Waals surface area contributed by atoms with Crippen LogP contribution in [0.4, 0.5) is 18.0 Å². The Labute approximate surface area is 204 Å². The average molecular weight is 504 g/mol. The molecule has 1 rings (SSSR count). The minimum atomic E-state index is -4.98. The largest absolute Gasteiger partial charge is 0.471 e. The lowest BCUT2D eigenvalue weighted by atomic mass is 10.1. The number of hydrogen-bond acceptors (Lipinski definition) is 5. The molecule has 0 radical (unpaired) electrons. The number of hydrogen-bond donors (Lipinski definition) is 1. The third-order valence-electron chi connectivity index (χ3n) is 4.34. The van der Waals surface area contributed by atoms with E-state index in [0.29, 0.717) is 19.3 Å². The number of carbonyl (C=O) groups is 3. The van der Waals surface area contributed by atoms with Crippen LogP contribution in [0, 0.1) is 0 Å². The average Bonchev–Trinajstić information content (AvgIpc) is 2.70. The van der Waals surface area contributed by atoms with Gasteiger partial charge in [0.2, 0.25) is 6.41 Å². The van der Waals surface area contributed by atoms with E-state index in [1.807, 2.05) is 45.0 Å². The van der Waals surface area contributed by atoms with E-state index >= 15 is 0 Å². The molecule has 0 saturated carbocycles. The number of carbonyl (C=O) groups excluding carboxylic acids is 3. The maximum atomic E-state index is 12.5. The zero-order valence-corrected chi connectivity index (χ0v) is 21.2. The molecule has 8 nitrogen and oxygen atoms in total. The van der Waals surface area contributed by atoms with Gasteiger partial charge in [-0.15, -0.1) is 0 Å². The minimum Gasteiger partial charge on any atom is -0.444 e. The molecular weight excluding hydrogens is 467 g/mol. The maximum Gasteiger partial charge on any atom is 0.471 e. The van der Waals surface area contributed by atoms with Gasteiger partial charge in [0, 0.05) is 19.6 Å². The van der Waals surface area contributed by atoms with Crippen LogP contribution in [-0.4, -0.2) is 65.4 Å². The molecule has 1 aromatic rings. The quantitative estimate of drug-likeness (QED) is 0.361. The van der Waals surface area contributed by atoms with Crippen molar-refractivity contribution in [2.45, 2.75) is 78.3 Å². The zero-order valence-electron chi connectivity index (χ0n) is 21.2. The molecule has 0 bridgehead atoms. The van der Waals surface area contributed by atoms with E-state index in [9.17, 15) is 27.6 Å². The predicted octanol–water partition coefficient (Wildman–Crippen LogP) is 4.22. The van der Waals surface area contributed by atoms with Crippen LogP contribution in [-0.2, 0) is 32.1 Å². The van der Waals surface area contributed by atoms with Gasteiger partial charge in [-0.1, -0.05) is 24.3 Å². The number of alkyl halides is 3. The molecular formula is C24H36F3N3O5. The van der Waals surface area contributed by atoms with Crippen LogP contribution in [0.1, 0.15) is 59.1 Å². The highest BCUT2D eigenvalue weighted by Crippen LogP contribution is 2.16. The van der Waals surface area contributed by atoms with E-state index in [-0.39, 0.29) is 26.2 Å². The summed E-state index contributed by atoms with van der Waals surface area (Å²) in [6, 6.07) is 7.54. The smallest absolute Gasteiger partial charge is 0.444 e. The van der Waals surface area contributed by atoms with Gasteiger partial charge in [0.05, 0.1) is 12.1 Å². The number of benzene rings is 1. The Kier molecular flexibility index (Phi) is 11.0. The minimum absolute atomic E-state index is 0.120. The first-order valence-electron chi connectivity index (χ1n) is 11.3. The molecule has 0 unspecified atom stereocenters. The summed E-state index contributed by atoms with van der Waals surface area (Å²) in [5.41, 5.74) is 0.585. The number of aryl methyl sites for hydroxylation is 1. The van der Waals surface area contributed by atoms with Gasteiger partial charge in [-0.25, -0.2) is 9.86 Å². The highest BCUT2D eigenvalue weighted by atomic mass is 19.4. The van der Waals surface area contributed by atoms with Crippen LogP contribution >= 0.6 is 0 Å². The number of halogens is 3. The molecule has 3 amide bonds. The van der Waals surface area contributed by atoms with Crippen LogP contribution in [0.15, 0.2) is 24.3 Å². The molecule has 0 aliphatic carbocycles. The summed E-state index contributed by atoms with van der Waals surface area (Å²) in [5, 5.41) is 2.99. The second-order valence-electron chi connectivity index (χ2n) is 10.0. The van der Waals surface area contributed by atoms with Crippen molar-refractivity contribution < 1.29 is 37.1 Å². The topological polar surface area (TPSA) is 88.2 Å². The van der Waals surface area contributed by atoms with Crippen molar-refractivity contribution in [2.24, 2.45) is 0 Å². The van der Waals surface area contributed by atoms with Crippen molar-refractivity contribution in [3.8, 4) is 0 Å². The molecule has 1 N–H and O–H groups in total. The lowest BCUT2D eigenvalue weighted by Crippen LogP contribution is -2.44. The first-order chi connectivity index (χ1) is 16.0. The number of ether oxygens (including phenoxy) is 1. The van der Waals surface area contributed by atoms with E-state index in [0.717, 1.165) is 11.1 Å². The Balaban J connectivity index is 2.67. The fraction of sp³-hybridized carbons (Fsp3) is 0.625. The van der Waals surface area contributed by atoms with Crippen LogP contribution < -0.4 is 5.32 Å². The first kappa shape index (κ1) is 30.2. The third kappa shape index (κ3) is 13.0. The van der Waals surface area contributed by atoms with Crippen LogP contribution in [0.3, 0.4) is 0 Å². The standard InChI is InChI=1S/C24H36F3N3O5/c1-22(2,3)34-21(33)29(15-13-28-20(32)24(25,26)27)14-7-8-18-9-11-19(12-10-18)16-30(17-31)35-23(4,5)6/h9-12,17H,7-8,13-16H2,1-6H3,(H,28,32). The Hall–Kier alpha value is -2.82. The SMILES string of the molecule is CC(C)(C)OC(=O)N(CCCc1ccc(CN(C=O)OC(C)(C)C)cc1)CCNC(=O)C(F)(F)F. The number of nitrogens with zero attached hydrogens (tertiary/aromatic N) is 2. The molecule has 198 valence electrons. The van der Waals surface area contributed by atoms with Gasteiger partial charge in [0.25, 0.3) is 0 Å². The summed E-state index contributed by atoms with van der Waals surface area (Å²) < 4.78 is 42.5. The van der Waals surface area contributed by atoms with Gasteiger partial charge < -0.3 is 15.0 Å². The molecule has 0 aliphatic rings. The van der Waals surface area contributed by atoms with E-state index in [1.54, 1.807) is 26.1 Å². The highest BCUT2D eigenvalue weighted by Gasteiger charge is 2.38. The molecule has 0 atom stereocenters. The Morgan fingerprint density at radius 1 is 0.943 bits per heavy atom. The first-order valence-corrected chi connectivity index (χ1v) is 11.3. The Morgan fingerprint density at radius 2 is 1.51 bits per heavy atom. The number of rotatable bonds is 11. The molecule has 0 aromatic heterocycles. The maximum absolute atomic E-state index is 12.5. The van der Waals surface area contributed by atoms with Crippen molar-refractivity contribution in [3.63, 3.8) is 0 Å². The van der Waals surface area contributed by atoms with Gasteiger partial charge in [0.1, 0.15) is 5.60 Å². The van der Waals surface area contributed by atoms with Crippen molar-refractivity contribution in [3.05, 3.63) is 35.4 Å². The van der Waals surface area contributed by atoms with Crippen LogP contribution in [0.5, 0.6) is 0 Å². The van der Waals surface area contributed by atoms with Crippen molar-refractivity contribution in [1.29, 1.82) is 0 Å². The molecule has 35 heavy (non-hydrogen) atoms. The molecule has 0 spiro atoms. The second-order valence-corrected chi connectivity index (χ2v) is 10.0. The van der Waals surface area contributed by atoms with Crippen molar-refractivity contribution in [2.75, 3.05) is 19.6 Å². The summed E-state index contributed by atoms with van der Waals surface area (Å²) in [6.07, 6.45) is -3.89. The molecule has 0 fully saturated rings. The van der Waals surface area contributed by atoms with Gasteiger partial charge >= 0.3 is 18.2 Å². The van der Waals surface area contributed by atoms with E-state index in [2.05, 4.69) is 0 Å². The van der Waals surface area contributed by atoms with Crippen LogP contribution in [0.2, 0.25) is 0 Å². The summed E-state index contributed by atoms with van der Waals surface area (Å²) in [7, 11) is 0. The second kappa shape index (κ2) is 12.8. The van der Waals surface area contributed by atoms with E-state index < -0.39 is 29.4 Å². The predicted molar refractivity (Wildman–Crippen MR) is 124 cm³/mol. The third-order valence-corrected chi connectivity index (χ3v) is 4.34. The Morgan fingerprint density at radius 3 is 2.00 bits per heavy atom. The Bertz CT molecular complexity index is 831. The van der Waals surface area contributed by atoms with E-state index in [4.69, 9.17) is 9.57 Å². The normalized spacial score (nSPS) is 12.1. The summed E-state index contributed by atoms with van der Waals surface area (Å²) in [4.78, 5) is 41.6. The molecule has 1 aromatic carbocycles.